The van der Waals surface area contributed by atoms with Crippen LogP contribution in [0.25, 0.3) is 0 Å². The van der Waals surface area contributed by atoms with Crippen molar-refractivity contribution in [2.24, 2.45) is 5.92 Å². The first-order valence-corrected chi connectivity index (χ1v) is 7.78. The minimum Gasteiger partial charge on any atom is -0.465 e. The standard InChI is InChI=1S/C16H21FN3O4/c1-10(2)15(18-16(21)22)11-5-7-19(8-6-11)13-4-3-12(17)9-14(13)20(23)24/h3-4,9,11,15,18H,5-8H2,1-2H3,(H,21,22). The Morgan fingerprint density at radius 3 is 2.54 bits per heavy atom. The van der Waals surface area contributed by atoms with Crippen LogP contribution in [0.1, 0.15) is 26.7 Å². The molecule has 0 bridgehead atoms. The molecule has 1 radical (unpaired) electrons. The van der Waals surface area contributed by atoms with Gasteiger partial charge in [-0.2, -0.15) is 0 Å². The van der Waals surface area contributed by atoms with E-state index in [1.807, 2.05) is 18.7 Å². The van der Waals surface area contributed by atoms with Crippen molar-refractivity contribution in [2.45, 2.75) is 32.7 Å². The number of benzene rings is 1. The normalized spacial score (nSPS) is 16.9. The molecule has 2 N–H and O–H groups in total. The van der Waals surface area contributed by atoms with Crippen molar-refractivity contribution in [1.29, 1.82) is 0 Å². The number of nitrogens with one attached hydrogen (secondary N) is 1. The first-order valence-electron chi connectivity index (χ1n) is 7.78. The molecule has 0 aromatic heterocycles. The summed E-state index contributed by atoms with van der Waals surface area (Å²) < 4.78 is 13.3. The SMILES string of the molecule is C[C](C)C(NC(=O)O)C1CCN(c2ccc(F)cc2[N+](=O)[O-])CC1. The van der Waals surface area contributed by atoms with E-state index >= 15 is 0 Å². The summed E-state index contributed by atoms with van der Waals surface area (Å²) in [5.41, 5.74) is 0.159. The molecule has 1 unspecified atom stereocenters. The number of hydrogen-bond donors (Lipinski definition) is 2. The molecule has 1 aliphatic rings. The maximum atomic E-state index is 13.3. The van der Waals surface area contributed by atoms with Crippen LogP contribution in [-0.2, 0) is 0 Å². The molecule has 1 saturated heterocycles. The second-order valence-corrected chi connectivity index (χ2v) is 6.22. The molecule has 1 aliphatic heterocycles. The topological polar surface area (TPSA) is 95.7 Å². The van der Waals surface area contributed by atoms with Crippen LogP contribution in [0.15, 0.2) is 18.2 Å². The van der Waals surface area contributed by atoms with E-state index in [0.717, 1.165) is 12.0 Å². The van der Waals surface area contributed by atoms with Gasteiger partial charge in [0.2, 0.25) is 0 Å². The first kappa shape index (κ1) is 18.0. The van der Waals surface area contributed by atoms with Crippen molar-refractivity contribution in [1.82, 2.24) is 5.32 Å². The molecular formula is C16H21FN3O4. The van der Waals surface area contributed by atoms with Crippen molar-refractivity contribution in [3.05, 3.63) is 40.0 Å². The highest BCUT2D eigenvalue weighted by Crippen LogP contribution is 2.33. The zero-order valence-corrected chi connectivity index (χ0v) is 13.7. The molecule has 1 heterocycles. The van der Waals surface area contributed by atoms with Gasteiger partial charge in [0.25, 0.3) is 5.69 Å². The average Bonchev–Trinajstić information content (AvgIpc) is 2.52. The molecule has 1 atom stereocenters. The maximum Gasteiger partial charge on any atom is 0.404 e. The minimum atomic E-state index is -1.06. The lowest BCUT2D eigenvalue weighted by Gasteiger charge is -2.38. The van der Waals surface area contributed by atoms with Crippen LogP contribution in [0, 0.1) is 27.8 Å². The minimum absolute atomic E-state index is 0.141. The van der Waals surface area contributed by atoms with Crippen LogP contribution in [-0.4, -0.2) is 35.3 Å². The van der Waals surface area contributed by atoms with Crippen molar-refractivity contribution < 1.29 is 19.2 Å². The molecule has 1 fully saturated rings. The molecule has 8 heteroatoms. The van der Waals surface area contributed by atoms with Gasteiger partial charge in [-0.1, -0.05) is 13.8 Å². The Kier molecular flexibility index (Phi) is 5.58. The van der Waals surface area contributed by atoms with Gasteiger partial charge in [0.1, 0.15) is 11.5 Å². The van der Waals surface area contributed by atoms with Gasteiger partial charge in [-0.3, -0.25) is 10.1 Å². The molecule has 2 rings (SSSR count). The largest absolute Gasteiger partial charge is 0.465 e. The molecule has 0 saturated carbocycles. The van der Waals surface area contributed by atoms with Gasteiger partial charge in [0.05, 0.1) is 11.0 Å². The zero-order chi connectivity index (χ0) is 17.9. The van der Waals surface area contributed by atoms with E-state index in [1.165, 1.54) is 12.1 Å². The van der Waals surface area contributed by atoms with Crippen molar-refractivity contribution in [3.63, 3.8) is 0 Å². The third-order valence-corrected chi connectivity index (χ3v) is 4.39. The predicted octanol–water partition coefficient (Wildman–Crippen LogP) is 3.20. The molecule has 1 aromatic carbocycles. The van der Waals surface area contributed by atoms with E-state index < -0.39 is 16.8 Å². The number of carboxylic acid groups (broad SMARTS) is 1. The number of piperidine rings is 1. The van der Waals surface area contributed by atoms with E-state index in [4.69, 9.17) is 5.11 Å². The van der Waals surface area contributed by atoms with E-state index in [0.29, 0.717) is 31.6 Å². The number of amides is 1. The monoisotopic (exact) mass is 338 g/mol. The van der Waals surface area contributed by atoms with E-state index in [2.05, 4.69) is 5.32 Å². The maximum absolute atomic E-state index is 13.3. The number of carbonyl (C=O) groups is 1. The fraction of sp³-hybridized carbons (Fsp3) is 0.500. The van der Waals surface area contributed by atoms with Gasteiger partial charge in [-0.05, 0) is 36.8 Å². The van der Waals surface area contributed by atoms with Gasteiger partial charge < -0.3 is 15.3 Å². The zero-order valence-electron chi connectivity index (χ0n) is 13.7. The Hall–Kier alpha value is -2.38. The number of nitro benzene ring substituents is 1. The fourth-order valence-corrected chi connectivity index (χ4v) is 3.25. The number of nitrogens with zero attached hydrogens (tertiary/aromatic N) is 2. The van der Waals surface area contributed by atoms with Gasteiger partial charge in [-0.25, -0.2) is 9.18 Å². The van der Waals surface area contributed by atoms with Crippen LogP contribution in [0.5, 0.6) is 0 Å². The van der Waals surface area contributed by atoms with Crippen LogP contribution in [0.4, 0.5) is 20.6 Å². The van der Waals surface area contributed by atoms with Gasteiger partial charge >= 0.3 is 6.09 Å². The summed E-state index contributed by atoms with van der Waals surface area (Å²) in [5.74, 6) is 0.493. The Labute approximate surface area is 139 Å². The van der Waals surface area contributed by atoms with Gasteiger partial charge in [0, 0.05) is 19.1 Å². The number of anilines is 1. The Bertz CT molecular complexity index is 615. The summed E-state index contributed by atoms with van der Waals surface area (Å²) in [7, 11) is 0. The quantitative estimate of drug-likeness (QED) is 0.635. The number of halogens is 1. The molecule has 7 nitrogen and oxygen atoms in total. The molecule has 1 aromatic rings. The summed E-state index contributed by atoms with van der Waals surface area (Å²) in [4.78, 5) is 23.4. The van der Waals surface area contributed by atoms with E-state index in [9.17, 15) is 19.3 Å². The molecule has 0 spiro atoms. The van der Waals surface area contributed by atoms with Crippen LogP contribution < -0.4 is 10.2 Å². The lowest BCUT2D eigenvalue weighted by molar-refractivity contribution is -0.384. The molecule has 1 amide bonds. The first-order chi connectivity index (χ1) is 11.3. The number of nitro groups is 1. The highest BCUT2D eigenvalue weighted by atomic mass is 19.1. The Morgan fingerprint density at radius 1 is 1.42 bits per heavy atom. The number of rotatable bonds is 5. The van der Waals surface area contributed by atoms with Gasteiger partial charge in [-0.15, -0.1) is 0 Å². The van der Waals surface area contributed by atoms with Crippen LogP contribution in [0.2, 0.25) is 0 Å². The predicted molar refractivity (Wildman–Crippen MR) is 87.5 cm³/mol. The fourth-order valence-electron chi connectivity index (χ4n) is 3.25. The van der Waals surface area contributed by atoms with Crippen molar-refractivity contribution >= 4 is 17.5 Å². The molecular weight excluding hydrogens is 317 g/mol. The molecule has 131 valence electrons. The van der Waals surface area contributed by atoms with Crippen molar-refractivity contribution in [2.75, 3.05) is 18.0 Å². The summed E-state index contributed by atoms with van der Waals surface area (Å²) >= 11 is 0. The summed E-state index contributed by atoms with van der Waals surface area (Å²) in [6, 6.07) is 3.35. The van der Waals surface area contributed by atoms with E-state index in [1.54, 1.807) is 0 Å². The van der Waals surface area contributed by atoms with Crippen LogP contribution in [0.3, 0.4) is 0 Å². The lowest BCUT2D eigenvalue weighted by atomic mass is 9.83. The molecule has 24 heavy (non-hydrogen) atoms. The van der Waals surface area contributed by atoms with E-state index in [-0.39, 0.29) is 17.6 Å². The van der Waals surface area contributed by atoms with Crippen molar-refractivity contribution in [3.8, 4) is 0 Å². The molecule has 0 aliphatic carbocycles. The average molecular weight is 338 g/mol. The number of hydrogen-bond acceptors (Lipinski definition) is 4. The summed E-state index contributed by atoms with van der Waals surface area (Å²) in [5, 5.41) is 22.6. The lowest BCUT2D eigenvalue weighted by Crippen LogP contribution is -2.47. The summed E-state index contributed by atoms with van der Waals surface area (Å²) in [6.45, 7) is 4.89. The Balaban J connectivity index is 2.10. The van der Waals surface area contributed by atoms with Crippen LogP contribution >= 0.6 is 0 Å². The third kappa shape index (κ3) is 4.12. The highest BCUT2D eigenvalue weighted by Gasteiger charge is 2.31. The second-order valence-electron chi connectivity index (χ2n) is 6.22. The smallest absolute Gasteiger partial charge is 0.404 e. The van der Waals surface area contributed by atoms with Gasteiger partial charge in [0.15, 0.2) is 0 Å². The second kappa shape index (κ2) is 7.46. The highest BCUT2D eigenvalue weighted by molar-refractivity contribution is 5.65. The Morgan fingerprint density at radius 2 is 2.04 bits per heavy atom. The third-order valence-electron chi connectivity index (χ3n) is 4.39. The summed E-state index contributed by atoms with van der Waals surface area (Å²) in [6.07, 6.45) is 0.341.